The topological polar surface area (TPSA) is 126 Å². The molecular formula is C20H18N4O6. The maximum atomic E-state index is 12.5. The van der Waals surface area contributed by atoms with Crippen LogP contribution in [0.2, 0.25) is 0 Å². The molecule has 0 saturated carbocycles. The molecule has 0 unspecified atom stereocenters. The molecule has 10 heteroatoms. The summed E-state index contributed by atoms with van der Waals surface area (Å²) < 4.78 is 11.3. The summed E-state index contributed by atoms with van der Waals surface area (Å²) in [7, 11) is 2.62. The second-order valence-corrected chi connectivity index (χ2v) is 6.17. The predicted molar refractivity (Wildman–Crippen MR) is 107 cm³/mol. The van der Waals surface area contributed by atoms with Gasteiger partial charge in [-0.05, 0) is 23.8 Å². The van der Waals surface area contributed by atoms with Crippen molar-refractivity contribution in [2.24, 2.45) is 0 Å². The number of carbonyl (C=O) groups excluding carboxylic acids is 2. The third kappa shape index (κ3) is 4.43. The highest BCUT2D eigenvalue weighted by atomic mass is 16.6. The molecule has 0 saturated heterocycles. The van der Waals surface area contributed by atoms with Gasteiger partial charge in [-0.2, -0.15) is 5.10 Å². The average Bonchev–Trinajstić information content (AvgIpc) is 3.19. The monoisotopic (exact) mass is 410 g/mol. The lowest BCUT2D eigenvalue weighted by Gasteiger charge is -2.08. The van der Waals surface area contributed by atoms with Crippen molar-refractivity contribution in [3.8, 4) is 5.75 Å². The molecule has 154 valence electrons. The molecule has 0 aliphatic carbocycles. The number of ether oxygens (including phenoxy) is 2. The first kappa shape index (κ1) is 20.5. The smallest absolute Gasteiger partial charge is 0.338 e. The van der Waals surface area contributed by atoms with Gasteiger partial charge in [0.05, 0.1) is 43.1 Å². The van der Waals surface area contributed by atoms with E-state index in [1.54, 1.807) is 35.1 Å². The number of nitrogens with zero attached hydrogens (tertiary/aromatic N) is 3. The van der Waals surface area contributed by atoms with Crippen molar-refractivity contribution in [1.82, 2.24) is 9.78 Å². The quantitative estimate of drug-likeness (QED) is 0.361. The van der Waals surface area contributed by atoms with Crippen LogP contribution in [0.5, 0.6) is 5.75 Å². The molecule has 0 atom stereocenters. The maximum Gasteiger partial charge on any atom is 0.338 e. The van der Waals surface area contributed by atoms with Crippen LogP contribution in [0.3, 0.4) is 0 Å². The van der Waals surface area contributed by atoms with Crippen molar-refractivity contribution < 1.29 is 24.0 Å². The highest BCUT2D eigenvalue weighted by molar-refractivity contribution is 6.04. The zero-order valence-corrected chi connectivity index (χ0v) is 16.2. The first-order valence-corrected chi connectivity index (χ1v) is 8.75. The van der Waals surface area contributed by atoms with Crippen molar-refractivity contribution in [3.05, 3.63) is 81.7 Å². The fraction of sp³-hybridized carbons (Fsp3) is 0.150. The standard InChI is InChI=1S/C20H18N4O6/c1-29-18-8-7-13(9-17(18)24(27)28)19(25)22-15-10-21-23(12-15)11-14-5-3-4-6-16(14)20(26)30-2/h3-10,12H,11H2,1-2H3,(H,22,25). The van der Waals surface area contributed by atoms with Gasteiger partial charge < -0.3 is 14.8 Å². The molecule has 0 radical (unpaired) electrons. The molecule has 0 aliphatic heterocycles. The summed E-state index contributed by atoms with van der Waals surface area (Å²) >= 11 is 0. The van der Waals surface area contributed by atoms with Gasteiger partial charge in [0.15, 0.2) is 5.75 Å². The molecule has 3 rings (SSSR count). The minimum absolute atomic E-state index is 0.0636. The van der Waals surface area contributed by atoms with Gasteiger partial charge in [-0.1, -0.05) is 18.2 Å². The summed E-state index contributed by atoms with van der Waals surface area (Å²) in [5.41, 5.74) is 1.32. The van der Waals surface area contributed by atoms with Crippen molar-refractivity contribution in [1.29, 1.82) is 0 Å². The number of carbonyl (C=O) groups is 2. The number of amides is 1. The highest BCUT2D eigenvalue weighted by Crippen LogP contribution is 2.27. The number of nitro benzene ring substituents is 1. The molecule has 1 aromatic heterocycles. The Hall–Kier alpha value is -4.21. The molecule has 0 bridgehead atoms. The Bertz CT molecular complexity index is 1110. The van der Waals surface area contributed by atoms with Crippen LogP contribution in [-0.4, -0.2) is 40.8 Å². The third-order valence-corrected chi connectivity index (χ3v) is 4.28. The van der Waals surface area contributed by atoms with Gasteiger partial charge in [0.25, 0.3) is 5.91 Å². The number of methoxy groups -OCH3 is 2. The molecule has 1 amide bonds. The first-order valence-electron chi connectivity index (χ1n) is 8.75. The third-order valence-electron chi connectivity index (χ3n) is 4.28. The number of anilines is 1. The Balaban J connectivity index is 1.75. The van der Waals surface area contributed by atoms with Gasteiger partial charge in [0, 0.05) is 17.8 Å². The fourth-order valence-electron chi connectivity index (χ4n) is 2.83. The van der Waals surface area contributed by atoms with Gasteiger partial charge in [-0.15, -0.1) is 0 Å². The lowest BCUT2D eigenvalue weighted by Crippen LogP contribution is -2.12. The van der Waals surface area contributed by atoms with Crippen LogP contribution >= 0.6 is 0 Å². The Morgan fingerprint density at radius 1 is 1.20 bits per heavy atom. The second kappa shape index (κ2) is 8.86. The van der Waals surface area contributed by atoms with E-state index in [9.17, 15) is 19.7 Å². The number of aromatic nitrogens is 2. The Kier molecular flexibility index (Phi) is 6.06. The lowest BCUT2D eigenvalue weighted by molar-refractivity contribution is -0.385. The molecule has 30 heavy (non-hydrogen) atoms. The van der Waals surface area contributed by atoms with Gasteiger partial charge in [-0.25, -0.2) is 4.79 Å². The van der Waals surface area contributed by atoms with Gasteiger partial charge in [0.1, 0.15) is 0 Å². The first-order chi connectivity index (χ1) is 14.4. The van der Waals surface area contributed by atoms with Crippen LogP contribution in [-0.2, 0) is 11.3 Å². The molecule has 1 heterocycles. The summed E-state index contributed by atoms with van der Waals surface area (Å²) in [5, 5.41) is 18.0. The minimum Gasteiger partial charge on any atom is -0.490 e. The predicted octanol–water partition coefficient (Wildman–Crippen LogP) is 2.89. The number of rotatable bonds is 7. The van der Waals surface area contributed by atoms with Crippen LogP contribution in [0.25, 0.3) is 0 Å². The lowest BCUT2D eigenvalue weighted by atomic mass is 10.1. The molecule has 0 spiro atoms. The number of nitro groups is 1. The number of benzene rings is 2. The van der Waals surface area contributed by atoms with Crippen LogP contribution < -0.4 is 10.1 Å². The number of nitrogens with one attached hydrogen (secondary N) is 1. The zero-order chi connectivity index (χ0) is 21.7. The van der Waals surface area contributed by atoms with Gasteiger partial charge in [0.2, 0.25) is 0 Å². The number of hydrogen-bond donors (Lipinski definition) is 1. The van der Waals surface area contributed by atoms with Crippen LogP contribution in [0, 0.1) is 10.1 Å². The average molecular weight is 410 g/mol. The van der Waals surface area contributed by atoms with E-state index in [0.29, 0.717) is 16.8 Å². The summed E-state index contributed by atoms with van der Waals surface area (Å²) in [5.74, 6) is -0.920. The van der Waals surface area contributed by atoms with Crippen molar-refractivity contribution in [2.75, 3.05) is 19.5 Å². The van der Waals surface area contributed by atoms with E-state index in [4.69, 9.17) is 9.47 Å². The molecule has 1 N–H and O–H groups in total. The molecule has 0 fully saturated rings. The van der Waals surface area contributed by atoms with Gasteiger partial charge in [-0.3, -0.25) is 19.6 Å². The Morgan fingerprint density at radius 2 is 1.97 bits per heavy atom. The van der Waals surface area contributed by atoms with Crippen molar-refractivity contribution in [3.63, 3.8) is 0 Å². The zero-order valence-electron chi connectivity index (χ0n) is 16.2. The van der Waals surface area contributed by atoms with Crippen molar-refractivity contribution in [2.45, 2.75) is 6.54 Å². The van der Waals surface area contributed by atoms with Crippen LogP contribution in [0.4, 0.5) is 11.4 Å². The fourth-order valence-corrected chi connectivity index (χ4v) is 2.83. The van der Waals surface area contributed by atoms with E-state index < -0.39 is 16.8 Å². The minimum atomic E-state index is -0.619. The van der Waals surface area contributed by atoms with Crippen molar-refractivity contribution >= 4 is 23.3 Å². The summed E-state index contributed by atoms with van der Waals surface area (Å²) in [4.78, 5) is 34.9. The van der Waals surface area contributed by atoms with E-state index in [1.165, 1.54) is 32.5 Å². The van der Waals surface area contributed by atoms with Crippen LogP contribution in [0.15, 0.2) is 54.9 Å². The second-order valence-electron chi connectivity index (χ2n) is 6.17. The van der Waals surface area contributed by atoms with E-state index in [-0.39, 0.29) is 23.5 Å². The summed E-state index contributed by atoms with van der Waals surface area (Å²) in [6.07, 6.45) is 3.03. The SMILES string of the molecule is COC(=O)c1ccccc1Cn1cc(NC(=O)c2ccc(OC)c([N+](=O)[O-])c2)cn1. The van der Waals surface area contributed by atoms with E-state index >= 15 is 0 Å². The number of hydrogen-bond acceptors (Lipinski definition) is 7. The normalized spacial score (nSPS) is 10.3. The Labute approximate surface area is 171 Å². The molecule has 0 aliphatic rings. The Morgan fingerprint density at radius 3 is 2.67 bits per heavy atom. The molecular weight excluding hydrogens is 392 g/mol. The maximum absolute atomic E-state index is 12.5. The molecule has 3 aromatic rings. The number of esters is 1. The van der Waals surface area contributed by atoms with E-state index in [0.717, 1.165) is 6.07 Å². The van der Waals surface area contributed by atoms with Crippen LogP contribution in [0.1, 0.15) is 26.3 Å². The summed E-state index contributed by atoms with van der Waals surface area (Å²) in [6.45, 7) is 0.287. The highest BCUT2D eigenvalue weighted by Gasteiger charge is 2.19. The molecule has 2 aromatic carbocycles. The van der Waals surface area contributed by atoms with E-state index in [1.807, 2.05) is 0 Å². The summed E-state index contributed by atoms with van der Waals surface area (Å²) in [6, 6.07) is 10.9. The van der Waals surface area contributed by atoms with E-state index in [2.05, 4.69) is 10.4 Å². The largest absolute Gasteiger partial charge is 0.490 e. The molecule has 10 nitrogen and oxygen atoms in total. The van der Waals surface area contributed by atoms with Gasteiger partial charge >= 0.3 is 11.7 Å².